The van der Waals surface area contributed by atoms with Crippen LogP contribution in [0.25, 0.3) is 22.3 Å². The van der Waals surface area contributed by atoms with Crippen molar-refractivity contribution in [2.45, 2.75) is 50.0 Å². The fourth-order valence-corrected chi connectivity index (χ4v) is 6.75. The fourth-order valence-electron chi connectivity index (χ4n) is 5.49. The highest BCUT2D eigenvalue weighted by molar-refractivity contribution is 7.99. The lowest BCUT2D eigenvalue weighted by molar-refractivity contribution is -0.172. The third kappa shape index (κ3) is 2.96. The van der Waals surface area contributed by atoms with Gasteiger partial charge in [-0.2, -0.15) is 0 Å². The van der Waals surface area contributed by atoms with Gasteiger partial charge in [0.2, 0.25) is 5.91 Å². The molecule has 5 heterocycles. The Hall–Kier alpha value is -3.28. The van der Waals surface area contributed by atoms with Crippen LogP contribution < -0.4 is 16.6 Å². The maximum Gasteiger partial charge on any atom is 0.343 e. The standard InChI is InChI=1S/C25H23FN4O5S/c1-3-25(34)13-4-17-21-11(7-30(17)23(32)12(13)8-35-24(25)33)19-16(28-18(31)6-27)9-36-22-10(2)14(26)5-15(29-21)20(19)22/h4-5,16,34H,3,6-9,27H2,1-2H3,(H,28,31)/t16-,25-/m0/s1. The molecule has 3 aliphatic rings. The number of amides is 1. The number of esters is 1. The number of thioether (sulfide) groups is 1. The SMILES string of the molecule is CC[C@@]1(O)C(=O)OCc2c1cc1n(c2=O)Cc2c-1nc1cc(F)c(C)c3c1c2[C@@H](NC(=O)CN)CS3. The quantitative estimate of drug-likeness (QED) is 0.355. The summed E-state index contributed by atoms with van der Waals surface area (Å²) < 4.78 is 21.5. The number of nitrogens with one attached hydrogen (secondary N) is 1. The van der Waals surface area contributed by atoms with Crippen molar-refractivity contribution in [1.82, 2.24) is 14.9 Å². The normalized spacial score (nSPS) is 21.6. The molecule has 0 saturated heterocycles. The van der Waals surface area contributed by atoms with E-state index in [9.17, 15) is 23.9 Å². The minimum Gasteiger partial charge on any atom is -0.458 e. The molecule has 0 bridgehead atoms. The number of rotatable bonds is 3. The molecule has 4 N–H and O–H groups in total. The highest BCUT2D eigenvalue weighted by Gasteiger charge is 2.46. The summed E-state index contributed by atoms with van der Waals surface area (Å²) >= 11 is 1.45. The van der Waals surface area contributed by atoms with Crippen molar-refractivity contribution in [1.29, 1.82) is 0 Å². The summed E-state index contributed by atoms with van der Waals surface area (Å²) in [4.78, 5) is 43.8. The van der Waals surface area contributed by atoms with E-state index in [4.69, 9.17) is 15.5 Å². The van der Waals surface area contributed by atoms with Crippen LogP contribution in [0.1, 0.15) is 47.2 Å². The largest absolute Gasteiger partial charge is 0.458 e. The number of pyridine rings is 2. The Kier molecular flexibility index (Phi) is 5.05. The van der Waals surface area contributed by atoms with Gasteiger partial charge in [-0.3, -0.25) is 9.59 Å². The monoisotopic (exact) mass is 510 g/mol. The van der Waals surface area contributed by atoms with Gasteiger partial charge in [-0.25, -0.2) is 14.2 Å². The van der Waals surface area contributed by atoms with E-state index in [0.29, 0.717) is 28.2 Å². The van der Waals surface area contributed by atoms with E-state index >= 15 is 0 Å². The van der Waals surface area contributed by atoms with E-state index in [-0.39, 0.29) is 48.7 Å². The van der Waals surface area contributed by atoms with Gasteiger partial charge in [-0.1, -0.05) is 6.92 Å². The number of hydrogen-bond donors (Lipinski definition) is 3. The van der Waals surface area contributed by atoms with Crippen LogP contribution in [0.2, 0.25) is 0 Å². The van der Waals surface area contributed by atoms with Crippen LogP contribution in [-0.2, 0) is 33.1 Å². The smallest absolute Gasteiger partial charge is 0.343 e. The average Bonchev–Trinajstić information content (AvgIpc) is 3.24. The van der Waals surface area contributed by atoms with E-state index in [1.807, 2.05) is 0 Å². The number of cyclic esters (lactones) is 1. The van der Waals surface area contributed by atoms with Crippen LogP contribution in [0.5, 0.6) is 0 Å². The van der Waals surface area contributed by atoms with E-state index in [1.54, 1.807) is 19.9 Å². The maximum atomic E-state index is 14.9. The van der Waals surface area contributed by atoms with Crippen LogP contribution in [-0.4, -0.2) is 38.8 Å². The molecule has 36 heavy (non-hydrogen) atoms. The van der Waals surface area contributed by atoms with Gasteiger partial charge in [0.25, 0.3) is 5.56 Å². The molecular weight excluding hydrogens is 487 g/mol. The van der Waals surface area contributed by atoms with Crippen molar-refractivity contribution in [3.63, 3.8) is 0 Å². The van der Waals surface area contributed by atoms with Crippen molar-refractivity contribution in [2.75, 3.05) is 12.3 Å². The van der Waals surface area contributed by atoms with Gasteiger partial charge in [0, 0.05) is 33.2 Å². The second kappa shape index (κ2) is 7.86. The number of carbonyl (C=O) groups is 2. The summed E-state index contributed by atoms with van der Waals surface area (Å²) in [5.74, 6) is -1.05. The first-order valence-corrected chi connectivity index (χ1v) is 12.6. The molecule has 9 nitrogen and oxygen atoms in total. The topological polar surface area (TPSA) is 137 Å². The summed E-state index contributed by atoms with van der Waals surface area (Å²) in [6, 6.07) is 2.57. The van der Waals surface area contributed by atoms with Gasteiger partial charge in [0.1, 0.15) is 12.4 Å². The summed E-state index contributed by atoms with van der Waals surface area (Å²) in [6.45, 7) is 3.13. The first-order chi connectivity index (χ1) is 17.2. The first-order valence-electron chi connectivity index (χ1n) is 11.6. The molecule has 0 aliphatic carbocycles. The van der Waals surface area contributed by atoms with Crippen LogP contribution in [0.3, 0.4) is 0 Å². The van der Waals surface area contributed by atoms with Gasteiger partial charge >= 0.3 is 5.97 Å². The van der Waals surface area contributed by atoms with Crippen LogP contribution in [0.4, 0.5) is 4.39 Å². The van der Waals surface area contributed by atoms with E-state index in [2.05, 4.69) is 5.32 Å². The number of halogens is 1. The molecule has 1 aromatic carbocycles. The third-order valence-corrected chi connectivity index (χ3v) is 8.72. The second-order valence-electron chi connectivity index (χ2n) is 9.30. The molecular formula is C25H23FN4O5S. The highest BCUT2D eigenvalue weighted by atomic mass is 32.2. The molecule has 0 spiro atoms. The Labute approximate surface area is 208 Å². The summed E-state index contributed by atoms with van der Waals surface area (Å²) in [5.41, 5.74) is 6.99. The number of carbonyl (C=O) groups excluding carboxylic acids is 2. The molecule has 2 aromatic heterocycles. The minimum absolute atomic E-state index is 0.0310. The average molecular weight is 511 g/mol. The summed E-state index contributed by atoms with van der Waals surface area (Å²) in [5, 5.41) is 14.8. The predicted octanol–water partition coefficient (Wildman–Crippen LogP) is 1.75. The zero-order valence-electron chi connectivity index (χ0n) is 19.6. The number of ether oxygens (including phenoxy) is 1. The molecule has 2 atom stereocenters. The van der Waals surface area contributed by atoms with Crippen molar-refractivity contribution in [2.24, 2.45) is 5.73 Å². The lowest BCUT2D eigenvalue weighted by Gasteiger charge is -2.31. The number of benzene rings is 1. The molecule has 0 fully saturated rings. The van der Waals surface area contributed by atoms with E-state index in [1.165, 1.54) is 22.4 Å². The van der Waals surface area contributed by atoms with E-state index < -0.39 is 23.4 Å². The van der Waals surface area contributed by atoms with Crippen molar-refractivity contribution in [3.8, 4) is 11.4 Å². The Morgan fingerprint density at radius 3 is 2.89 bits per heavy atom. The Balaban J connectivity index is 1.66. The Morgan fingerprint density at radius 2 is 2.17 bits per heavy atom. The molecule has 0 radical (unpaired) electrons. The van der Waals surface area contributed by atoms with E-state index in [0.717, 1.165) is 21.4 Å². The molecule has 0 saturated carbocycles. The maximum absolute atomic E-state index is 14.9. The second-order valence-corrected chi connectivity index (χ2v) is 10.3. The third-order valence-electron chi connectivity index (χ3n) is 7.42. The minimum atomic E-state index is -1.94. The molecule has 3 aliphatic heterocycles. The molecule has 6 rings (SSSR count). The van der Waals surface area contributed by atoms with Crippen molar-refractivity contribution in [3.05, 3.63) is 56.1 Å². The number of nitrogens with two attached hydrogens (primary N) is 1. The van der Waals surface area contributed by atoms with Crippen LogP contribution >= 0.6 is 11.8 Å². The lowest BCUT2D eigenvalue weighted by Crippen LogP contribution is -2.44. The van der Waals surface area contributed by atoms with Gasteiger partial charge in [0.05, 0.1) is 41.6 Å². The lowest BCUT2D eigenvalue weighted by atomic mass is 9.86. The highest BCUT2D eigenvalue weighted by Crippen LogP contribution is 2.48. The van der Waals surface area contributed by atoms with Crippen LogP contribution in [0, 0.1) is 12.7 Å². The fraction of sp³-hybridized carbons (Fsp3) is 0.360. The summed E-state index contributed by atoms with van der Waals surface area (Å²) in [6.07, 6.45) is 0.0310. The van der Waals surface area contributed by atoms with Gasteiger partial charge in [-0.05, 0) is 30.5 Å². The Bertz CT molecular complexity index is 1590. The molecule has 0 unspecified atom stereocenters. The Morgan fingerprint density at radius 1 is 1.39 bits per heavy atom. The van der Waals surface area contributed by atoms with Gasteiger partial charge in [0.15, 0.2) is 5.60 Å². The number of aliphatic hydroxyl groups is 1. The number of nitrogens with zero attached hydrogens (tertiary/aromatic N) is 2. The molecule has 186 valence electrons. The molecule has 11 heteroatoms. The zero-order chi connectivity index (χ0) is 25.5. The van der Waals surface area contributed by atoms with Gasteiger partial charge < -0.3 is 25.5 Å². The number of fused-ring (bicyclic) bond motifs is 5. The molecule has 1 amide bonds. The molecule has 3 aromatic rings. The zero-order valence-corrected chi connectivity index (χ0v) is 20.4. The van der Waals surface area contributed by atoms with Crippen molar-refractivity contribution < 1.29 is 23.8 Å². The predicted molar refractivity (Wildman–Crippen MR) is 130 cm³/mol. The number of aromatic nitrogens is 2. The van der Waals surface area contributed by atoms with Crippen molar-refractivity contribution >= 4 is 34.5 Å². The summed E-state index contributed by atoms with van der Waals surface area (Å²) in [7, 11) is 0. The first kappa shape index (κ1) is 23.1. The van der Waals surface area contributed by atoms with Crippen LogP contribution in [0.15, 0.2) is 21.8 Å². The number of hydrogen-bond acceptors (Lipinski definition) is 8. The van der Waals surface area contributed by atoms with Gasteiger partial charge in [-0.15, -0.1) is 11.8 Å².